The number of phenolic OH excluding ortho intramolecular Hbond substituents is 1. The zero-order valence-corrected chi connectivity index (χ0v) is 13.0. The summed E-state index contributed by atoms with van der Waals surface area (Å²) in [4.78, 5) is 1.93. The maximum Gasteiger partial charge on any atom is 0.134 e. The number of phenols is 1. The van der Waals surface area contributed by atoms with Crippen molar-refractivity contribution in [1.29, 1.82) is 0 Å². The van der Waals surface area contributed by atoms with Crippen molar-refractivity contribution in [2.24, 2.45) is 0 Å². The smallest absolute Gasteiger partial charge is 0.134 e. The van der Waals surface area contributed by atoms with Crippen molar-refractivity contribution < 1.29 is 10.2 Å². The van der Waals surface area contributed by atoms with Gasteiger partial charge < -0.3 is 10.2 Å². The molecular weight excluding hydrogens is 286 g/mol. The van der Waals surface area contributed by atoms with Crippen LogP contribution in [-0.4, -0.2) is 22.2 Å². The highest BCUT2D eigenvalue weighted by Gasteiger charge is 2.33. The molecule has 4 rings (SSSR count). The van der Waals surface area contributed by atoms with Crippen LogP contribution in [0.15, 0.2) is 60.7 Å². The van der Waals surface area contributed by atoms with Crippen LogP contribution < -0.4 is 0 Å². The van der Waals surface area contributed by atoms with E-state index < -0.39 is 6.23 Å². The van der Waals surface area contributed by atoms with E-state index in [0.29, 0.717) is 0 Å². The van der Waals surface area contributed by atoms with E-state index in [1.165, 1.54) is 0 Å². The molecule has 116 valence electrons. The van der Waals surface area contributed by atoms with Gasteiger partial charge in [0.25, 0.3) is 0 Å². The highest BCUT2D eigenvalue weighted by atomic mass is 16.3. The molecule has 0 amide bonds. The molecule has 0 fully saturated rings. The van der Waals surface area contributed by atoms with Gasteiger partial charge in [-0.05, 0) is 41.4 Å². The Morgan fingerprint density at radius 3 is 2.57 bits per heavy atom. The van der Waals surface area contributed by atoms with E-state index in [4.69, 9.17) is 0 Å². The predicted molar refractivity (Wildman–Crippen MR) is 91.2 cm³/mol. The third-order valence-electron chi connectivity index (χ3n) is 4.90. The molecule has 3 heteroatoms. The van der Waals surface area contributed by atoms with Crippen LogP contribution in [0.2, 0.25) is 0 Å². The molecule has 0 aromatic heterocycles. The number of fused-ring (bicyclic) bond motifs is 2. The Bertz CT molecular complexity index is 874. The molecule has 23 heavy (non-hydrogen) atoms. The number of aliphatic hydroxyl groups excluding tert-OH is 1. The van der Waals surface area contributed by atoms with Gasteiger partial charge in [0.1, 0.15) is 12.0 Å². The molecule has 2 atom stereocenters. The number of hydrogen-bond acceptors (Lipinski definition) is 3. The second-order valence-electron chi connectivity index (χ2n) is 6.18. The molecule has 2 unspecified atom stereocenters. The molecule has 0 aliphatic carbocycles. The zero-order chi connectivity index (χ0) is 16.0. The van der Waals surface area contributed by atoms with Crippen molar-refractivity contribution in [3.63, 3.8) is 0 Å². The largest absolute Gasteiger partial charge is 0.508 e. The van der Waals surface area contributed by atoms with Crippen molar-refractivity contribution in [3.8, 4) is 5.75 Å². The van der Waals surface area contributed by atoms with Crippen LogP contribution in [0.1, 0.15) is 29.0 Å². The summed E-state index contributed by atoms with van der Waals surface area (Å²) in [6.45, 7) is 0. The summed E-state index contributed by atoms with van der Waals surface area (Å²) in [7, 11) is 1.91. The molecule has 0 spiro atoms. The van der Waals surface area contributed by atoms with Crippen molar-refractivity contribution in [1.82, 2.24) is 4.90 Å². The fourth-order valence-electron chi connectivity index (χ4n) is 3.65. The molecule has 3 aromatic carbocycles. The summed E-state index contributed by atoms with van der Waals surface area (Å²) in [5, 5.41) is 23.3. The third kappa shape index (κ3) is 2.21. The third-order valence-corrected chi connectivity index (χ3v) is 4.90. The highest BCUT2D eigenvalue weighted by molar-refractivity contribution is 5.88. The van der Waals surface area contributed by atoms with Crippen molar-refractivity contribution >= 4 is 10.8 Å². The van der Waals surface area contributed by atoms with Gasteiger partial charge in [-0.1, -0.05) is 54.6 Å². The molecule has 0 bridgehead atoms. The van der Waals surface area contributed by atoms with Crippen molar-refractivity contribution in [3.05, 3.63) is 77.4 Å². The van der Waals surface area contributed by atoms with Crippen LogP contribution in [0.25, 0.3) is 10.8 Å². The van der Waals surface area contributed by atoms with E-state index in [1.54, 1.807) is 6.07 Å². The fraction of sp³-hybridized carbons (Fsp3) is 0.200. The SMILES string of the molecule is CN1C(O)c2ccccc2CC1c1c(O)ccc2ccccc12. The summed E-state index contributed by atoms with van der Waals surface area (Å²) in [5.74, 6) is 0.284. The minimum absolute atomic E-state index is 0.0639. The maximum atomic E-state index is 10.7. The molecule has 3 aromatic rings. The van der Waals surface area contributed by atoms with E-state index >= 15 is 0 Å². The van der Waals surface area contributed by atoms with E-state index in [0.717, 1.165) is 33.9 Å². The summed E-state index contributed by atoms with van der Waals surface area (Å²) >= 11 is 0. The average Bonchev–Trinajstić information content (AvgIpc) is 2.58. The molecule has 2 N–H and O–H groups in total. The lowest BCUT2D eigenvalue weighted by Crippen LogP contribution is -2.35. The number of rotatable bonds is 1. The molecule has 3 nitrogen and oxygen atoms in total. The lowest BCUT2D eigenvalue weighted by molar-refractivity contribution is -0.0197. The summed E-state index contributed by atoms with van der Waals surface area (Å²) < 4.78 is 0. The van der Waals surface area contributed by atoms with Gasteiger partial charge in [0.05, 0.1) is 0 Å². The minimum atomic E-state index is -0.664. The van der Waals surface area contributed by atoms with Gasteiger partial charge in [-0.25, -0.2) is 0 Å². The van der Waals surface area contributed by atoms with Gasteiger partial charge in [-0.15, -0.1) is 0 Å². The molecule has 1 aliphatic rings. The quantitative estimate of drug-likeness (QED) is 0.719. The number of aliphatic hydroxyl groups is 1. The number of nitrogens with zero attached hydrogens (tertiary/aromatic N) is 1. The summed E-state index contributed by atoms with van der Waals surface area (Å²) in [6.07, 6.45) is 0.106. The molecule has 0 saturated carbocycles. The van der Waals surface area contributed by atoms with Crippen molar-refractivity contribution in [2.45, 2.75) is 18.7 Å². The Hall–Kier alpha value is -2.36. The van der Waals surface area contributed by atoms with Gasteiger partial charge in [0.15, 0.2) is 0 Å². The monoisotopic (exact) mass is 305 g/mol. The Kier molecular flexibility index (Phi) is 3.33. The first-order valence-corrected chi connectivity index (χ1v) is 7.85. The van der Waals surface area contributed by atoms with Gasteiger partial charge in [0, 0.05) is 11.6 Å². The molecular formula is C20H19NO2. The predicted octanol–water partition coefficient (Wildman–Crippen LogP) is 3.77. The van der Waals surface area contributed by atoms with Gasteiger partial charge in [-0.2, -0.15) is 0 Å². The Morgan fingerprint density at radius 1 is 0.957 bits per heavy atom. The average molecular weight is 305 g/mol. The second kappa shape index (κ2) is 5.37. The van der Waals surface area contributed by atoms with E-state index in [2.05, 4.69) is 6.07 Å². The summed E-state index contributed by atoms with van der Waals surface area (Å²) in [5.41, 5.74) is 2.97. The molecule has 0 saturated heterocycles. The zero-order valence-electron chi connectivity index (χ0n) is 13.0. The highest BCUT2D eigenvalue weighted by Crippen LogP contribution is 2.43. The van der Waals surface area contributed by atoms with Crippen LogP contribution in [0.4, 0.5) is 0 Å². The number of aromatic hydroxyl groups is 1. The van der Waals surface area contributed by atoms with Crippen LogP contribution in [0.5, 0.6) is 5.75 Å². The van der Waals surface area contributed by atoms with E-state index in [-0.39, 0.29) is 11.8 Å². The van der Waals surface area contributed by atoms with Gasteiger partial charge in [0.2, 0.25) is 0 Å². The Labute approximate surface area is 135 Å². The first-order chi connectivity index (χ1) is 11.2. The first kappa shape index (κ1) is 14.2. The topological polar surface area (TPSA) is 43.7 Å². The lowest BCUT2D eigenvalue weighted by Gasteiger charge is -2.39. The maximum absolute atomic E-state index is 10.7. The number of hydrogen-bond donors (Lipinski definition) is 2. The van der Waals surface area contributed by atoms with E-state index in [9.17, 15) is 10.2 Å². The second-order valence-corrected chi connectivity index (χ2v) is 6.18. The fourth-order valence-corrected chi connectivity index (χ4v) is 3.65. The minimum Gasteiger partial charge on any atom is -0.508 e. The van der Waals surface area contributed by atoms with Crippen LogP contribution in [0, 0.1) is 0 Å². The van der Waals surface area contributed by atoms with Gasteiger partial charge >= 0.3 is 0 Å². The van der Waals surface area contributed by atoms with Crippen molar-refractivity contribution in [2.75, 3.05) is 7.05 Å². The molecule has 1 heterocycles. The molecule has 1 aliphatic heterocycles. The normalized spacial score (nSPS) is 21.3. The van der Waals surface area contributed by atoms with Gasteiger partial charge in [-0.3, -0.25) is 4.90 Å². The number of benzene rings is 3. The first-order valence-electron chi connectivity index (χ1n) is 7.85. The standard InChI is InChI=1S/C20H19NO2/c1-21-17(12-14-7-3-5-9-16(14)20(21)23)19-15-8-4-2-6-13(15)10-11-18(19)22/h2-11,17,20,22-23H,12H2,1H3. The lowest BCUT2D eigenvalue weighted by atomic mass is 9.86. The van der Waals surface area contributed by atoms with Crippen LogP contribution >= 0.6 is 0 Å². The summed E-state index contributed by atoms with van der Waals surface area (Å²) in [6, 6.07) is 19.7. The molecule has 0 radical (unpaired) electrons. The Balaban J connectivity index is 1.90. The van der Waals surface area contributed by atoms with E-state index in [1.807, 2.05) is 60.5 Å². The van der Waals surface area contributed by atoms with Crippen LogP contribution in [-0.2, 0) is 6.42 Å². The Morgan fingerprint density at radius 2 is 1.70 bits per heavy atom. The van der Waals surface area contributed by atoms with Crippen LogP contribution in [0.3, 0.4) is 0 Å². The number of likely N-dealkylation sites (N-methyl/N-ethyl adjacent to an activating group) is 1.